The van der Waals surface area contributed by atoms with Gasteiger partial charge in [-0.25, -0.2) is 4.98 Å². The Morgan fingerprint density at radius 1 is 1.35 bits per heavy atom. The summed E-state index contributed by atoms with van der Waals surface area (Å²) in [5.41, 5.74) is 1.41. The Morgan fingerprint density at radius 3 is 2.79 bits per heavy atom. The standard InChI is InChI=1S/C26H32N2O5S/c1-15(2)10-12-33-19-8-5-7-18(13-19)22-21(23(29)25-16(3)27-17(4)34-25)24(30)26(31)28(22)14-20-9-6-11-32-20/h5,7-8,13,15,20,22,30H,6,9-12,14H2,1-4H3. The van der Waals surface area contributed by atoms with Gasteiger partial charge in [-0.3, -0.25) is 9.59 Å². The highest BCUT2D eigenvalue weighted by atomic mass is 32.1. The van der Waals surface area contributed by atoms with Crippen molar-refractivity contribution < 1.29 is 24.2 Å². The van der Waals surface area contributed by atoms with Crippen molar-refractivity contribution in [1.82, 2.24) is 9.88 Å². The molecule has 2 aromatic rings. The third-order valence-electron chi connectivity index (χ3n) is 6.22. The van der Waals surface area contributed by atoms with Crippen LogP contribution in [-0.4, -0.2) is 52.5 Å². The molecular formula is C26H32N2O5S. The maximum Gasteiger partial charge on any atom is 0.290 e. The van der Waals surface area contributed by atoms with Gasteiger partial charge in [-0.05, 0) is 56.7 Å². The van der Waals surface area contributed by atoms with E-state index in [1.54, 1.807) is 11.8 Å². The van der Waals surface area contributed by atoms with Crippen LogP contribution in [0.5, 0.6) is 5.75 Å². The third kappa shape index (κ3) is 5.03. The highest BCUT2D eigenvalue weighted by Gasteiger charge is 2.45. The van der Waals surface area contributed by atoms with Gasteiger partial charge >= 0.3 is 0 Å². The topological polar surface area (TPSA) is 89.0 Å². The number of hydrogen-bond donors (Lipinski definition) is 1. The lowest BCUT2D eigenvalue weighted by molar-refractivity contribution is -0.131. The molecule has 7 nitrogen and oxygen atoms in total. The normalized spacial score (nSPS) is 20.6. The molecule has 2 aliphatic heterocycles. The van der Waals surface area contributed by atoms with Crippen LogP contribution in [0.25, 0.3) is 0 Å². The average molecular weight is 485 g/mol. The smallest absolute Gasteiger partial charge is 0.290 e. The lowest BCUT2D eigenvalue weighted by Gasteiger charge is -2.29. The molecule has 182 valence electrons. The molecule has 1 N–H and O–H groups in total. The Hall–Kier alpha value is -2.71. The van der Waals surface area contributed by atoms with Crippen molar-refractivity contribution in [2.24, 2.45) is 5.92 Å². The van der Waals surface area contributed by atoms with E-state index < -0.39 is 17.7 Å². The monoisotopic (exact) mass is 484 g/mol. The molecule has 2 aliphatic rings. The van der Waals surface area contributed by atoms with Crippen molar-refractivity contribution in [3.63, 3.8) is 0 Å². The maximum absolute atomic E-state index is 13.6. The highest BCUT2D eigenvalue weighted by Crippen LogP contribution is 2.41. The fraction of sp³-hybridized carbons (Fsp3) is 0.500. The van der Waals surface area contributed by atoms with Crippen LogP contribution in [0, 0.1) is 19.8 Å². The average Bonchev–Trinajstić information content (AvgIpc) is 3.48. The van der Waals surface area contributed by atoms with Crippen LogP contribution < -0.4 is 4.74 Å². The van der Waals surface area contributed by atoms with E-state index in [2.05, 4.69) is 18.8 Å². The number of amides is 1. The molecule has 0 bridgehead atoms. The van der Waals surface area contributed by atoms with Crippen molar-refractivity contribution >= 4 is 23.0 Å². The first-order chi connectivity index (χ1) is 16.3. The van der Waals surface area contributed by atoms with Gasteiger partial charge in [0.25, 0.3) is 5.91 Å². The summed E-state index contributed by atoms with van der Waals surface area (Å²) < 4.78 is 11.7. The van der Waals surface area contributed by atoms with Gasteiger partial charge in [-0.1, -0.05) is 26.0 Å². The van der Waals surface area contributed by atoms with Gasteiger partial charge in [0, 0.05) is 13.2 Å². The number of carbonyl (C=O) groups excluding carboxylic acids is 2. The van der Waals surface area contributed by atoms with Gasteiger partial charge in [0.05, 0.1) is 39.9 Å². The largest absolute Gasteiger partial charge is 0.503 e. The number of benzene rings is 1. The van der Waals surface area contributed by atoms with Gasteiger partial charge in [0.1, 0.15) is 5.75 Å². The van der Waals surface area contributed by atoms with Crippen LogP contribution >= 0.6 is 11.3 Å². The summed E-state index contributed by atoms with van der Waals surface area (Å²) in [6.07, 6.45) is 2.57. The van der Waals surface area contributed by atoms with E-state index in [1.165, 1.54) is 11.3 Å². The molecule has 1 aromatic heterocycles. The molecule has 0 aliphatic carbocycles. The molecule has 1 saturated heterocycles. The number of thiazole rings is 1. The van der Waals surface area contributed by atoms with Gasteiger partial charge in [-0.2, -0.15) is 0 Å². The molecule has 0 saturated carbocycles. The minimum absolute atomic E-state index is 0.0917. The van der Waals surface area contributed by atoms with Crippen LogP contribution in [0.1, 0.15) is 65.1 Å². The Kier molecular flexibility index (Phi) is 7.38. The number of aliphatic hydroxyl groups excluding tert-OH is 1. The van der Waals surface area contributed by atoms with Crippen LogP contribution in [0.2, 0.25) is 0 Å². The van der Waals surface area contributed by atoms with Crippen molar-refractivity contribution in [3.05, 3.63) is 56.7 Å². The second-order valence-corrected chi connectivity index (χ2v) is 10.5. The number of nitrogens with zero attached hydrogens (tertiary/aromatic N) is 2. The maximum atomic E-state index is 13.6. The number of rotatable bonds is 9. The Balaban J connectivity index is 1.71. The van der Waals surface area contributed by atoms with E-state index in [9.17, 15) is 14.7 Å². The van der Waals surface area contributed by atoms with Crippen LogP contribution in [0.15, 0.2) is 35.6 Å². The van der Waals surface area contributed by atoms with E-state index in [1.807, 2.05) is 31.2 Å². The number of hydrogen-bond acceptors (Lipinski definition) is 7. The SMILES string of the molecule is Cc1nc(C)c(C(=O)C2=C(O)C(=O)N(CC3CCCO3)C2c2cccc(OCCC(C)C)c2)s1. The summed E-state index contributed by atoms with van der Waals surface area (Å²) in [6, 6.07) is 6.73. The Labute approximate surface area is 204 Å². The molecule has 8 heteroatoms. The lowest BCUT2D eigenvalue weighted by Crippen LogP contribution is -2.37. The van der Waals surface area contributed by atoms with Crippen molar-refractivity contribution in [3.8, 4) is 5.75 Å². The number of aryl methyl sites for hydroxylation is 2. The Bertz CT molecular complexity index is 1100. The second-order valence-electron chi connectivity index (χ2n) is 9.34. The summed E-state index contributed by atoms with van der Waals surface area (Å²) in [5, 5.41) is 11.7. The summed E-state index contributed by atoms with van der Waals surface area (Å²) in [7, 11) is 0. The molecule has 0 spiro atoms. The zero-order chi connectivity index (χ0) is 24.4. The molecule has 34 heavy (non-hydrogen) atoms. The minimum Gasteiger partial charge on any atom is -0.503 e. The molecular weight excluding hydrogens is 452 g/mol. The quantitative estimate of drug-likeness (QED) is 0.507. The second kappa shape index (κ2) is 10.3. The number of ether oxygens (including phenoxy) is 2. The summed E-state index contributed by atoms with van der Waals surface area (Å²) >= 11 is 1.28. The predicted octanol–water partition coefficient (Wildman–Crippen LogP) is 4.94. The number of Topliss-reactive ketones (excluding diaryl/α,β-unsaturated/α-hetero) is 1. The van der Waals surface area contributed by atoms with Gasteiger partial charge in [-0.15, -0.1) is 11.3 Å². The van der Waals surface area contributed by atoms with Crippen LogP contribution in [0.4, 0.5) is 0 Å². The summed E-state index contributed by atoms with van der Waals surface area (Å²) in [6.45, 7) is 9.43. The summed E-state index contributed by atoms with van der Waals surface area (Å²) in [5.74, 6) is -0.211. The summed E-state index contributed by atoms with van der Waals surface area (Å²) in [4.78, 5) is 33.2. The number of aromatic nitrogens is 1. The molecule has 3 heterocycles. The van der Waals surface area contributed by atoms with Crippen LogP contribution in [0.3, 0.4) is 0 Å². The minimum atomic E-state index is -0.723. The molecule has 0 radical (unpaired) electrons. The van der Waals surface area contributed by atoms with Crippen LogP contribution in [-0.2, 0) is 9.53 Å². The third-order valence-corrected chi connectivity index (χ3v) is 7.29. The molecule has 1 fully saturated rings. The molecule has 2 atom stereocenters. The van der Waals surface area contributed by atoms with E-state index >= 15 is 0 Å². The number of carbonyl (C=O) groups is 2. The van der Waals surface area contributed by atoms with E-state index in [-0.39, 0.29) is 17.5 Å². The van der Waals surface area contributed by atoms with Crippen molar-refractivity contribution in [1.29, 1.82) is 0 Å². The first kappa shape index (κ1) is 24.4. The van der Waals surface area contributed by atoms with Crippen molar-refractivity contribution in [2.45, 2.75) is 59.1 Å². The highest BCUT2D eigenvalue weighted by molar-refractivity contribution is 7.14. The fourth-order valence-corrected chi connectivity index (χ4v) is 5.35. The van der Waals surface area contributed by atoms with E-state index in [0.29, 0.717) is 42.0 Å². The zero-order valence-corrected chi connectivity index (χ0v) is 21.0. The molecule has 1 amide bonds. The molecule has 4 rings (SSSR count). The van der Waals surface area contributed by atoms with Gasteiger partial charge in [0.15, 0.2) is 5.76 Å². The Morgan fingerprint density at radius 2 is 2.15 bits per heavy atom. The fourth-order valence-electron chi connectivity index (χ4n) is 4.48. The predicted molar refractivity (Wildman–Crippen MR) is 130 cm³/mol. The number of ketones is 1. The zero-order valence-electron chi connectivity index (χ0n) is 20.2. The lowest BCUT2D eigenvalue weighted by atomic mass is 9.94. The van der Waals surface area contributed by atoms with Gasteiger partial charge in [0.2, 0.25) is 5.78 Å². The molecule has 2 unspecified atom stereocenters. The number of aliphatic hydroxyl groups is 1. The van der Waals surface area contributed by atoms with Gasteiger partial charge < -0.3 is 19.5 Å². The molecule has 1 aromatic carbocycles. The van der Waals surface area contributed by atoms with Crippen molar-refractivity contribution in [2.75, 3.05) is 19.8 Å². The first-order valence-electron chi connectivity index (χ1n) is 11.8. The first-order valence-corrected chi connectivity index (χ1v) is 12.6. The van der Waals surface area contributed by atoms with E-state index in [4.69, 9.17) is 9.47 Å². The van der Waals surface area contributed by atoms with E-state index in [0.717, 1.165) is 29.8 Å².